The fraction of sp³-hybridized carbons (Fsp3) is 0.286. The van der Waals surface area contributed by atoms with Crippen LogP contribution in [0.4, 0.5) is 13.2 Å². The van der Waals surface area contributed by atoms with Crippen LogP contribution in [0, 0.1) is 0 Å². The molecular formula is C7H6BrF3N2O2. The lowest BCUT2D eigenvalue weighted by Crippen LogP contribution is -2.25. The Kier molecular flexibility index (Phi) is 3.40. The molecule has 1 rings (SSSR count). The summed E-state index contributed by atoms with van der Waals surface area (Å²) in [5, 5.41) is 0. The van der Waals surface area contributed by atoms with E-state index in [1.54, 1.807) is 0 Å². The molecule has 3 N–H and O–H groups in total. The van der Waals surface area contributed by atoms with E-state index in [2.05, 4.69) is 25.7 Å². The predicted octanol–water partition coefficient (Wildman–Crippen LogP) is 1.49. The standard InChI is InChI=1S/C7H6BrF3N2O2/c8-4-2-13-6(14)5(3(4)1-12)15-7(9,10)11/h2H,1,12H2,(H,13,14). The maximum absolute atomic E-state index is 11.9. The molecule has 1 aromatic heterocycles. The molecule has 1 heterocycles. The highest BCUT2D eigenvalue weighted by atomic mass is 79.9. The maximum Gasteiger partial charge on any atom is 0.573 e. The molecule has 0 atom stereocenters. The van der Waals surface area contributed by atoms with E-state index in [9.17, 15) is 18.0 Å². The van der Waals surface area contributed by atoms with Gasteiger partial charge in [0, 0.05) is 22.8 Å². The van der Waals surface area contributed by atoms with E-state index >= 15 is 0 Å². The quantitative estimate of drug-likeness (QED) is 0.866. The van der Waals surface area contributed by atoms with Crippen LogP contribution in [0.2, 0.25) is 0 Å². The van der Waals surface area contributed by atoms with Gasteiger partial charge >= 0.3 is 6.36 Å². The Balaban J connectivity index is 3.26. The van der Waals surface area contributed by atoms with Gasteiger partial charge < -0.3 is 15.5 Å². The third-order valence-electron chi connectivity index (χ3n) is 1.52. The number of rotatable bonds is 2. The zero-order chi connectivity index (χ0) is 11.6. The minimum atomic E-state index is -4.92. The summed E-state index contributed by atoms with van der Waals surface area (Å²) in [5.41, 5.74) is 4.20. The molecule has 4 nitrogen and oxygen atoms in total. The SMILES string of the molecule is NCc1c(Br)c[nH]c(=O)c1OC(F)(F)F. The van der Waals surface area contributed by atoms with E-state index in [0.29, 0.717) is 0 Å². The normalized spacial score (nSPS) is 11.5. The highest BCUT2D eigenvalue weighted by Crippen LogP contribution is 2.26. The van der Waals surface area contributed by atoms with Crippen molar-refractivity contribution >= 4 is 15.9 Å². The zero-order valence-electron chi connectivity index (χ0n) is 7.19. The van der Waals surface area contributed by atoms with Crippen molar-refractivity contribution in [1.82, 2.24) is 4.98 Å². The van der Waals surface area contributed by atoms with Gasteiger partial charge in [0.1, 0.15) is 0 Å². The average molecular weight is 287 g/mol. The van der Waals surface area contributed by atoms with Crippen LogP contribution in [0.15, 0.2) is 15.5 Å². The molecule has 0 bridgehead atoms. The summed E-state index contributed by atoms with van der Waals surface area (Å²) in [6.45, 7) is -0.240. The molecule has 15 heavy (non-hydrogen) atoms. The van der Waals surface area contributed by atoms with E-state index in [0.717, 1.165) is 0 Å². The minimum Gasteiger partial charge on any atom is -0.399 e. The molecule has 0 fully saturated rings. The number of H-pyrrole nitrogens is 1. The number of ether oxygens (including phenoxy) is 1. The van der Waals surface area contributed by atoms with E-state index < -0.39 is 17.7 Å². The Hall–Kier alpha value is -1.02. The van der Waals surface area contributed by atoms with E-state index in [1.165, 1.54) is 6.20 Å². The molecule has 1 aromatic rings. The molecule has 0 saturated carbocycles. The molecule has 0 aromatic carbocycles. The number of alkyl halides is 3. The lowest BCUT2D eigenvalue weighted by Gasteiger charge is -2.11. The average Bonchev–Trinajstić information content (AvgIpc) is 2.10. The molecule has 0 saturated heterocycles. The van der Waals surface area contributed by atoms with Crippen LogP contribution in [0.5, 0.6) is 5.75 Å². The van der Waals surface area contributed by atoms with Crippen LogP contribution in [0.25, 0.3) is 0 Å². The number of nitrogens with one attached hydrogen (secondary N) is 1. The van der Waals surface area contributed by atoms with Gasteiger partial charge in [-0.05, 0) is 15.9 Å². The first kappa shape index (κ1) is 12.1. The fourth-order valence-corrected chi connectivity index (χ4v) is 1.40. The van der Waals surface area contributed by atoms with Crippen molar-refractivity contribution in [2.75, 3.05) is 0 Å². The highest BCUT2D eigenvalue weighted by Gasteiger charge is 2.33. The number of halogens is 4. The number of aromatic amines is 1. The number of nitrogens with two attached hydrogens (primary N) is 1. The summed E-state index contributed by atoms with van der Waals surface area (Å²) in [7, 11) is 0. The second-order valence-electron chi connectivity index (χ2n) is 2.53. The van der Waals surface area contributed by atoms with Crippen LogP contribution in [-0.4, -0.2) is 11.3 Å². The first-order valence-corrected chi connectivity index (χ1v) is 4.50. The van der Waals surface area contributed by atoms with Crippen molar-refractivity contribution in [1.29, 1.82) is 0 Å². The molecule has 0 aliphatic rings. The summed E-state index contributed by atoms with van der Waals surface area (Å²) in [4.78, 5) is 13.2. The lowest BCUT2D eigenvalue weighted by atomic mass is 10.2. The Bertz CT molecular complexity index is 416. The van der Waals surface area contributed by atoms with Gasteiger partial charge in [-0.2, -0.15) is 0 Å². The molecule has 0 spiro atoms. The van der Waals surface area contributed by atoms with Gasteiger partial charge in [-0.1, -0.05) is 0 Å². The molecule has 0 amide bonds. The predicted molar refractivity (Wildman–Crippen MR) is 49.3 cm³/mol. The van der Waals surface area contributed by atoms with Crippen LogP contribution in [0.3, 0.4) is 0 Å². The number of aromatic nitrogens is 1. The molecule has 8 heteroatoms. The summed E-state index contributed by atoms with van der Waals surface area (Å²) < 4.78 is 39.6. The molecule has 0 unspecified atom stereocenters. The van der Waals surface area contributed by atoms with Gasteiger partial charge in [-0.25, -0.2) is 0 Å². The molecule has 0 aliphatic heterocycles. The van der Waals surface area contributed by atoms with Gasteiger partial charge in [0.2, 0.25) is 0 Å². The Morgan fingerprint density at radius 2 is 2.13 bits per heavy atom. The topological polar surface area (TPSA) is 68.1 Å². The largest absolute Gasteiger partial charge is 0.573 e. The lowest BCUT2D eigenvalue weighted by molar-refractivity contribution is -0.275. The Morgan fingerprint density at radius 3 is 2.60 bits per heavy atom. The highest BCUT2D eigenvalue weighted by molar-refractivity contribution is 9.10. The van der Waals surface area contributed by atoms with E-state index in [-0.39, 0.29) is 16.6 Å². The monoisotopic (exact) mass is 286 g/mol. The van der Waals surface area contributed by atoms with Gasteiger partial charge in [-0.3, -0.25) is 4.79 Å². The minimum absolute atomic E-state index is 0.0314. The number of hydrogen-bond acceptors (Lipinski definition) is 3. The number of pyridine rings is 1. The Labute approximate surface area is 90.4 Å². The number of hydrogen-bond donors (Lipinski definition) is 2. The van der Waals surface area contributed by atoms with Crippen molar-refractivity contribution in [2.45, 2.75) is 12.9 Å². The summed E-state index contributed by atoms with van der Waals surface area (Å²) >= 11 is 2.95. The van der Waals surface area contributed by atoms with Crippen molar-refractivity contribution in [3.8, 4) is 5.75 Å². The first-order chi connectivity index (χ1) is 6.85. The fourth-order valence-electron chi connectivity index (χ4n) is 0.941. The van der Waals surface area contributed by atoms with Crippen molar-refractivity contribution in [3.63, 3.8) is 0 Å². The summed E-state index contributed by atoms with van der Waals surface area (Å²) in [6.07, 6.45) is -3.72. The summed E-state index contributed by atoms with van der Waals surface area (Å²) in [5.74, 6) is -0.834. The second kappa shape index (κ2) is 4.23. The molecule has 84 valence electrons. The van der Waals surface area contributed by atoms with E-state index in [4.69, 9.17) is 5.73 Å². The van der Waals surface area contributed by atoms with Gasteiger partial charge in [0.05, 0.1) is 0 Å². The van der Waals surface area contributed by atoms with Gasteiger partial charge in [0.15, 0.2) is 5.75 Å². The van der Waals surface area contributed by atoms with Crippen LogP contribution in [0.1, 0.15) is 5.56 Å². The van der Waals surface area contributed by atoms with Crippen molar-refractivity contribution in [2.24, 2.45) is 5.73 Å². The van der Waals surface area contributed by atoms with Crippen LogP contribution in [-0.2, 0) is 6.54 Å². The van der Waals surface area contributed by atoms with Gasteiger partial charge in [0.25, 0.3) is 5.56 Å². The zero-order valence-corrected chi connectivity index (χ0v) is 8.78. The molecule has 0 aliphatic carbocycles. The van der Waals surface area contributed by atoms with E-state index in [1.807, 2.05) is 0 Å². The van der Waals surface area contributed by atoms with Crippen LogP contribution < -0.4 is 16.0 Å². The first-order valence-electron chi connectivity index (χ1n) is 3.71. The smallest absolute Gasteiger partial charge is 0.399 e. The van der Waals surface area contributed by atoms with Crippen molar-refractivity contribution < 1.29 is 17.9 Å². The maximum atomic E-state index is 11.9. The third kappa shape index (κ3) is 2.96. The Morgan fingerprint density at radius 1 is 1.53 bits per heavy atom. The molecular weight excluding hydrogens is 281 g/mol. The second-order valence-corrected chi connectivity index (χ2v) is 3.38. The molecule has 0 radical (unpaired) electrons. The summed E-state index contributed by atoms with van der Waals surface area (Å²) in [6, 6.07) is 0. The third-order valence-corrected chi connectivity index (χ3v) is 2.23. The van der Waals surface area contributed by atoms with Gasteiger partial charge in [-0.15, -0.1) is 13.2 Å². The van der Waals surface area contributed by atoms with Crippen molar-refractivity contribution in [3.05, 3.63) is 26.6 Å². The van der Waals surface area contributed by atoms with Crippen LogP contribution >= 0.6 is 15.9 Å².